The second kappa shape index (κ2) is 4.28. The first-order valence-electron chi connectivity index (χ1n) is 3.69. The second-order valence-electron chi connectivity index (χ2n) is 2.82. The monoisotopic (exact) mass is 309 g/mol. The van der Waals surface area contributed by atoms with Gasteiger partial charge in [-0.3, -0.25) is 4.79 Å². The molecule has 0 heterocycles. The molecule has 2 nitrogen and oxygen atoms in total. The molecule has 0 spiro atoms. The lowest BCUT2D eigenvalue weighted by atomic mass is 10.2. The number of benzene rings is 1. The van der Waals surface area contributed by atoms with Gasteiger partial charge in [0, 0.05) is 17.7 Å². The summed E-state index contributed by atoms with van der Waals surface area (Å²) in [6.07, 6.45) is 0. The van der Waals surface area contributed by atoms with Gasteiger partial charge < -0.3 is 4.90 Å². The number of halogens is 2. The van der Waals surface area contributed by atoms with Gasteiger partial charge in [0.2, 0.25) is 0 Å². The van der Waals surface area contributed by atoms with Crippen molar-refractivity contribution in [2.45, 2.75) is 0 Å². The molecule has 0 aliphatic heterocycles. The number of carbonyl (C=O) groups is 1. The van der Waals surface area contributed by atoms with Gasteiger partial charge in [0.05, 0.1) is 10.6 Å². The van der Waals surface area contributed by atoms with Crippen molar-refractivity contribution in [3.05, 3.63) is 32.4 Å². The maximum Gasteiger partial charge on any atom is 0.254 e. The lowest BCUT2D eigenvalue weighted by Gasteiger charge is -2.11. The van der Waals surface area contributed by atoms with E-state index in [1.807, 2.05) is 6.07 Å². The highest BCUT2D eigenvalue weighted by Crippen LogP contribution is 2.19. The standard InChI is InChI=1S/C9H9ClINO/c1-12(2)9(13)7-5-6(11)3-4-8(7)10/h3-5H,1-2H3. The molecule has 0 aromatic heterocycles. The molecule has 13 heavy (non-hydrogen) atoms. The van der Waals surface area contributed by atoms with Gasteiger partial charge in [-0.2, -0.15) is 0 Å². The summed E-state index contributed by atoms with van der Waals surface area (Å²) in [4.78, 5) is 13.1. The van der Waals surface area contributed by atoms with E-state index in [0.29, 0.717) is 10.6 Å². The number of nitrogens with zero attached hydrogens (tertiary/aromatic N) is 1. The first-order chi connectivity index (χ1) is 6.02. The molecular weight excluding hydrogens is 300 g/mol. The highest BCUT2D eigenvalue weighted by atomic mass is 127. The average Bonchev–Trinajstić information content (AvgIpc) is 2.08. The molecule has 1 aromatic carbocycles. The summed E-state index contributed by atoms with van der Waals surface area (Å²) in [7, 11) is 3.41. The zero-order valence-electron chi connectivity index (χ0n) is 7.34. The van der Waals surface area contributed by atoms with Gasteiger partial charge >= 0.3 is 0 Å². The molecule has 0 aliphatic rings. The van der Waals surface area contributed by atoms with Crippen LogP contribution in [-0.2, 0) is 0 Å². The number of rotatable bonds is 1. The molecular formula is C9H9ClINO. The van der Waals surface area contributed by atoms with Crippen LogP contribution in [0.25, 0.3) is 0 Å². The van der Waals surface area contributed by atoms with Gasteiger partial charge in [-0.15, -0.1) is 0 Å². The fraction of sp³-hybridized carbons (Fsp3) is 0.222. The Balaban J connectivity index is 3.13. The fourth-order valence-electron chi connectivity index (χ4n) is 0.902. The molecule has 1 amide bonds. The molecule has 70 valence electrons. The van der Waals surface area contributed by atoms with Gasteiger partial charge in [0.15, 0.2) is 0 Å². The first kappa shape index (κ1) is 10.8. The van der Waals surface area contributed by atoms with Crippen LogP contribution in [-0.4, -0.2) is 24.9 Å². The van der Waals surface area contributed by atoms with Gasteiger partial charge in [0.1, 0.15) is 0 Å². The zero-order valence-corrected chi connectivity index (χ0v) is 10.3. The third kappa shape index (κ3) is 2.57. The Bertz CT molecular complexity index is 338. The van der Waals surface area contributed by atoms with E-state index in [2.05, 4.69) is 22.6 Å². The van der Waals surface area contributed by atoms with Crippen molar-refractivity contribution >= 4 is 40.1 Å². The number of amides is 1. The maximum atomic E-state index is 11.6. The van der Waals surface area contributed by atoms with E-state index in [-0.39, 0.29) is 5.91 Å². The molecule has 0 saturated carbocycles. The number of carbonyl (C=O) groups excluding carboxylic acids is 1. The molecule has 0 radical (unpaired) electrons. The van der Waals surface area contributed by atoms with Crippen LogP contribution in [0.3, 0.4) is 0 Å². The van der Waals surface area contributed by atoms with Crippen molar-refractivity contribution in [3.8, 4) is 0 Å². The van der Waals surface area contributed by atoms with Crippen molar-refractivity contribution < 1.29 is 4.79 Å². The lowest BCUT2D eigenvalue weighted by molar-refractivity contribution is 0.0827. The predicted molar refractivity (Wildman–Crippen MR) is 62.2 cm³/mol. The highest BCUT2D eigenvalue weighted by molar-refractivity contribution is 14.1. The Hall–Kier alpha value is -0.290. The van der Waals surface area contributed by atoms with Crippen LogP contribution in [0.15, 0.2) is 18.2 Å². The predicted octanol–water partition coefficient (Wildman–Crippen LogP) is 2.65. The van der Waals surface area contributed by atoms with Gasteiger partial charge in [-0.25, -0.2) is 0 Å². The third-order valence-corrected chi connectivity index (χ3v) is 2.57. The highest BCUT2D eigenvalue weighted by Gasteiger charge is 2.11. The van der Waals surface area contributed by atoms with E-state index in [9.17, 15) is 4.79 Å². The van der Waals surface area contributed by atoms with Crippen molar-refractivity contribution in [1.82, 2.24) is 4.90 Å². The fourth-order valence-corrected chi connectivity index (χ4v) is 1.59. The Kier molecular flexibility index (Phi) is 3.55. The van der Waals surface area contributed by atoms with Crippen LogP contribution < -0.4 is 0 Å². The second-order valence-corrected chi connectivity index (χ2v) is 4.48. The number of hydrogen-bond acceptors (Lipinski definition) is 1. The average molecular weight is 310 g/mol. The van der Waals surface area contributed by atoms with Gasteiger partial charge in [-0.1, -0.05) is 11.6 Å². The Morgan fingerprint density at radius 1 is 1.46 bits per heavy atom. The zero-order chi connectivity index (χ0) is 10.0. The lowest BCUT2D eigenvalue weighted by Crippen LogP contribution is -2.22. The summed E-state index contributed by atoms with van der Waals surface area (Å²) < 4.78 is 1.01. The molecule has 4 heteroatoms. The molecule has 0 aliphatic carbocycles. The van der Waals surface area contributed by atoms with E-state index in [4.69, 9.17) is 11.6 Å². The van der Waals surface area contributed by atoms with Crippen LogP contribution in [0.5, 0.6) is 0 Å². The minimum absolute atomic E-state index is 0.0662. The van der Waals surface area contributed by atoms with E-state index in [0.717, 1.165) is 3.57 Å². The molecule has 1 rings (SSSR count). The van der Waals surface area contributed by atoms with Crippen LogP contribution in [0.2, 0.25) is 5.02 Å². The summed E-state index contributed by atoms with van der Waals surface area (Å²) in [6, 6.07) is 5.39. The van der Waals surface area contributed by atoms with Crippen LogP contribution in [0, 0.1) is 3.57 Å². The first-order valence-corrected chi connectivity index (χ1v) is 5.14. The Morgan fingerprint density at radius 3 is 2.62 bits per heavy atom. The van der Waals surface area contributed by atoms with Crippen molar-refractivity contribution in [2.75, 3.05) is 14.1 Å². The smallest absolute Gasteiger partial charge is 0.254 e. The third-order valence-electron chi connectivity index (χ3n) is 1.56. The van der Waals surface area contributed by atoms with Crippen LogP contribution >= 0.6 is 34.2 Å². The molecule has 0 atom stereocenters. The molecule has 1 aromatic rings. The summed E-state index contributed by atoms with van der Waals surface area (Å²) in [6.45, 7) is 0. The topological polar surface area (TPSA) is 20.3 Å². The normalized spacial score (nSPS) is 9.85. The van der Waals surface area contributed by atoms with Gasteiger partial charge in [-0.05, 0) is 40.8 Å². The Morgan fingerprint density at radius 2 is 2.08 bits per heavy atom. The largest absolute Gasteiger partial charge is 0.345 e. The summed E-state index contributed by atoms with van der Waals surface area (Å²) in [5.74, 6) is -0.0662. The summed E-state index contributed by atoms with van der Waals surface area (Å²) in [5, 5.41) is 0.499. The minimum atomic E-state index is -0.0662. The van der Waals surface area contributed by atoms with Crippen molar-refractivity contribution in [3.63, 3.8) is 0 Å². The van der Waals surface area contributed by atoms with Crippen LogP contribution in [0.4, 0.5) is 0 Å². The van der Waals surface area contributed by atoms with Crippen molar-refractivity contribution in [2.24, 2.45) is 0 Å². The maximum absolute atomic E-state index is 11.6. The van der Waals surface area contributed by atoms with E-state index in [1.54, 1.807) is 26.2 Å². The molecule has 0 fully saturated rings. The number of hydrogen-bond donors (Lipinski definition) is 0. The van der Waals surface area contributed by atoms with E-state index < -0.39 is 0 Å². The minimum Gasteiger partial charge on any atom is -0.345 e. The van der Waals surface area contributed by atoms with Crippen molar-refractivity contribution in [1.29, 1.82) is 0 Å². The molecule has 0 saturated heterocycles. The molecule has 0 N–H and O–H groups in total. The van der Waals surface area contributed by atoms with Crippen LogP contribution in [0.1, 0.15) is 10.4 Å². The Labute approximate surface area is 96.0 Å². The van der Waals surface area contributed by atoms with E-state index >= 15 is 0 Å². The quantitative estimate of drug-likeness (QED) is 0.730. The SMILES string of the molecule is CN(C)C(=O)c1cc(I)ccc1Cl. The van der Waals surface area contributed by atoms with Gasteiger partial charge in [0.25, 0.3) is 5.91 Å². The summed E-state index contributed by atoms with van der Waals surface area (Å²) in [5.41, 5.74) is 0.554. The molecule has 0 bridgehead atoms. The van der Waals surface area contributed by atoms with E-state index in [1.165, 1.54) is 4.90 Å². The molecule has 0 unspecified atom stereocenters. The summed E-state index contributed by atoms with van der Waals surface area (Å²) >= 11 is 8.03.